The van der Waals surface area contributed by atoms with Crippen molar-refractivity contribution in [2.45, 2.75) is 19.3 Å². The van der Waals surface area contributed by atoms with E-state index in [4.69, 9.17) is 33.5 Å². The molecule has 0 amide bonds. The second-order valence-corrected chi connectivity index (χ2v) is 4.62. The maximum atomic E-state index is 6.03. The summed E-state index contributed by atoms with van der Waals surface area (Å²) in [4.78, 5) is 8.36. The van der Waals surface area contributed by atoms with Crippen LogP contribution in [0.15, 0.2) is 16.8 Å². The quantitative estimate of drug-likeness (QED) is 0.935. The third-order valence-corrected chi connectivity index (χ3v) is 3.08. The largest absolute Gasteiger partial charge is 0.339 e. The summed E-state index contributed by atoms with van der Waals surface area (Å²) in [6.45, 7) is 2.47. The lowest BCUT2D eigenvalue weighted by Gasteiger charge is -2.04. The highest BCUT2D eigenvalue weighted by Gasteiger charge is 2.18. The van der Waals surface area contributed by atoms with Gasteiger partial charge in [-0.1, -0.05) is 35.3 Å². The summed E-state index contributed by atoms with van der Waals surface area (Å²) >= 11 is 11.8. The molecule has 0 aromatic carbocycles. The van der Waals surface area contributed by atoms with Crippen LogP contribution in [0.2, 0.25) is 10.0 Å². The molecule has 0 aliphatic carbocycles. The van der Waals surface area contributed by atoms with Gasteiger partial charge in [-0.25, -0.2) is 4.98 Å². The first-order chi connectivity index (χ1) is 8.65. The van der Waals surface area contributed by atoms with Gasteiger partial charge in [0.25, 0.3) is 0 Å². The first-order valence-corrected chi connectivity index (χ1v) is 6.26. The Hall–Kier alpha value is -1.17. The Bertz CT molecular complexity index is 540. The second kappa shape index (κ2) is 5.65. The fourth-order valence-electron chi connectivity index (χ4n) is 1.52. The van der Waals surface area contributed by atoms with Gasteiger partial charge in [-0.2, -0.15) is 4.98 Å². The van der Waals surface area contributed by atoms with Crippen LogP contribution in [-0.2, 0) is 0 Å². The van der Waals surface area contributed by atoms with E-state index in [1.165, 1.54) is 6.20 Å². The van der Waals surface area contributed by atoms with E-state index in [1.54, 1.807) is 6.07 Å². The van der Waals surface area contributed by atoms with Crippen LogP contribution < -0.4 is 5.73 Å². The summed E-state index contributed by atoms with van der Waals surface area (Å²) in [7, 11) is 0. The molecule has 18 heavy (non-hydrogen) atoms. The molecule has 0 aliphatic heterocycles. The zero-order valence-electron chi connectivity index (χ0n) is 9.73. The van der Waals surface area contributed by atoms with Crippen molar-refractivity contribution in [2.24, 2.45) is 5.73 Å². The van der Waals surface area contributed by atoms with E-state index in [2.05, 4.69) is 15.1 Å². The van der Waals surface area contributed by atoms with Gasteiger partial charge in [0.15, 0.2) is 0 Å². The SMILES string of the molecule is CCC(CN)c1nc(-c2ncc(Cl)cc2Cl)no1. The van der Waals surface area contributed by atoms with Crippen LogP contribution in [0.25, 0.3) is 11.5 Å². The zero-order valence-corrected chi connectivity index (χ0v) is 11.2. The van der Waals surface area contributed by atoms with Crippen molar-refractivity contribution >= 4 is 23.2 Å². The Morgan fingerprint density at radius 1 is 1.44 bits per heavy atom. The van der Waals surface area contributed by atoms with Gasteiger partial charge < -0.3 is 10.3 Å². The highest BCUT2D eigenvalue weighted by atomic mass is 35.5. The summed E-state index contributed by atoms with van der Waals surface area (Å²) in [6, 6.07) is 1.59. The molecule has 0 aliphatic rings. The third-order valence-electron chi connectivity index (χ3n) is 2.59. The molecule has 0 bridgehead atoms. The maximum Gasteiger partial charge on any atom is 0.231 e. The van der Waals surface area contributed by atoms with Gasteiger partial charge in [-0.05, 0) is 12.5 Å². The molecule has 0 saturated heterocycles. The molecular formula is C11H12Cl2N4O. The van der Waals surface area contributed by atoms with E-state index in [9.17, 15) is 0 Å². The van der Waals surface area contributed by atoms with Gasteiger partial charge in [-0.15, -0.1) is 0 Å². The van der Waals surface area contributed by atoms with E-state index in [1.807, 2.05) is 6.92 Å². The molecule has 0 fully saturated rings. The predicted octanol–water partition coefficient (Wildman–Crippen LogP) is 2.89. The standard InChI is InChI=1S/C11H12Cl2N4O/c1-2-6(4-14)11-16-10(17-18-11)9-8(13)3-7(12)5-15-9/h3,5-6H,2,4,14H2,1H3. The van der Waals surface area contributed by atoms with Crippen molar-refractivity contribution in [2.75, 3.05) is 6.54 Å². The van der Waals surface area contributed by atoms with Crippen LogP contribution in [0, 0.1) is 0 Å². The maximum absolute atomic E-state index is 6.03. The third kappa shape index (κ3) is 2.63. The Labute approximate surface area is 114 Å². The van der Waals surface area contributed by atoms with Crippen molar-refractivity contribution in [1.82, 2.24) is 15.1 Å². The molecule has 2 N–H and O–H groups in total. The number of halogens is 2. The van der Waals surface area contributed by atoms with Gasteiger partial charge >= 0.3 is 0 Å². The van der Waals surface area contributed by atoms with Crippen LogP contribution in [0.4, 0.5) is 0 Å². The number of hydrogen-bond donors (Lipinski definition) is 1. The minimum Gasteiger partial charge on any atom is -0.339 e. The highest BCUT2D eigenvalue weighted by Crippen LogP contribution is 2.27. The summed E-state index contributed by atoms with van der Waals surface area (Å²) in [5, 5.41) is 4.71. The molecule has 2 heterocycles. The van der Waals surface area contributed by atoms with E-state index in [0.29, 0.717) is 34.0 Å². The van der Waals surface area contributed by atoms with Gasteiger partial charge in [0.1, 0.15) is 5.69 Å². The van der Waals surface area contributed by atoms with Crippen molar-refractivity contribution < 1.29 is 4.52 Å². The highest BCUT2D eigenvalue weighted by molar-refractivity contribution is 6.35. The minimum absolute atomic E-state index is 0.0531. The Balaban J connectivity index is 2.34. The Morgan fingerprint density at radius 2 is 2.22 bits per heavy atom. The van der Waals surface area contributed by atoms with E-state index < -0.39 is 0 Å². The number of hydrogen-bond acceptors (Lipinski definition) is 5. The molecule has 2 rings (SSSR count). The van der Waals surface area contributed by atoms with Crippen molar-refractivity contribution in [3.63, 3.8) is 0 Å². The predicted molar refractivity (Wildman–Crippen MR) is 69.6 cm³/mol. The molecule has 1 atom stereocenters. The lowest BCUT2D eigenvalue weighted by Crippen LogP contribution is -2.11. The molecule has 0 radical (unpaired) electrons. The average molecular weight is 287 g/mol. The van der Waals surface area contributed by atoms with E-state index in [-0.39, 0.29) is 5.92 Å². The van der Waals surface area contributed by atoms with Crippen LogP contribution in [-0.4, -0.2) is 21.7 Å². The molecule has 0 spiro atoms. The first-order valence-electron chi connectivity index (χ1n) is 5.50. The molecule has 0 saturated carbocycles. The zero-order chi connectivity index (χ0) is 13.1. The molecule has 96 valence electrons. The molecule has 5 nitrogen and oxygen atoms in total. The summed E-state index contributed by atoms with van der Waals surface area (Å²) in [5.41, 5.74) is 6.07. The topological polar surface area (TPSA) is 77.8 Å². The monoisotopic (exact) mass is 286 g/mol. The van der Waals surface area contributed by atoms with Gasteiger partial charge in [0.2, 0.25) is 11.7 Å². The van der Waals surface area contributed by atoms with E-state index >= 15 is 0 Å². The van der Waals surface area contributed by atoms with Crippen molar-refractivity contribution in [3.8, 4) is 11.5 Å². The number of nitrogens with zero attached hydrogens (tertiary/aromatic N) is 3. The molecule has 2 aromatic heterocycles. The normalized spacial score (nSPS) is 12.7. The Kier molecular flexibility index (Phi) is 4.16. The number of rotatable bonds is 4. The number of pyridine rings is 1. The number of aromatic nitrogens is 3. The van der Waals surface area contributed by atoms with Gasteiger partial charge in [-0.3, -0.25) is 0 Å². The smallest absolute Gasteiger partial charge is 0.231 e. The fourth-order valence-corrected chi connectivity index (χ4v) is 1.98. The van der Waals surface area contributed by atoms with Crippen LogP contribution in [0.3, 0.4) is 0 Å². The molecule has 1 unspecified atom stereocenters. The second-order valence-electron chi connectivity index (χ2n) is 3.78. The van der Waals surface area contributed by atoms with Gasteiger partial charge in [0.05, 0.1) is 16.0 Å². The van der Waals surface area contributed by atoms with E-state index in [0.717, 1.165) is 6.42 Å². The van der Waals surface area contributed by atoms with Gasteiger partial charge in [0, 0.05) is 12.7 Å². The summed E-state index contributed by atoms with van der Waals surface area (Å²) in [6.07, 6.45) is 2.32. The lowest BCUT2D eigenvalue weighted by molar-refractivity contribution is 0.351. The fraction of sp³-hybridized carbons (Fsp3) is 0.364. The van der Waals surface area contributed by atoms with Crippen molar-refractivity contribution in [1.29, 1.82) is 0 Å². The Morgan fingerprint density at radius 3 is 2.83 bits per heavy atom. The molecule has 7 heteroatoms. The first kappa shape index (κ1) is 13.3. The molecule has 2 aromatic rings. The summed E-state index contributed by atoms with van der Waals surface area (Å²) in [5.74, 6) is 0.902. The van der Waals surface area contributed by atoms with Crippen LogP contribution in [0.1, 0.15) is 25.2 Å². The lowest BCUT2D eigenvalue weighted by atomic mass is 10.1. The number of nitrogens with two attached hydrogens (primary N) is 1. The van der Waals surface area contributed by atoms with Crippen molar-refractivity contribution in [3.05, 3.63) is 28.2 Å². The van der Waals surface area contributed by atoms with Crippen LogP contribution >= 0.6 is 23.2 Å². The van der Waals surface area contributed by atoms with Crippen LogP contribution in [0.5, 0.6) is 0 Å². The minimum atomic E-state index is 0.0531. The average Bonchev–Trinajstić information content (AvgIpc) is 2.80. The summed E-state index contributed by atoms with van der Waals surface area (Å²) < 4.78 is 5.18. The molecular weight excluding hydrogens is 275 g/mol.